The maximum atomic E-state index is 13.5. The Kier molecular flexibility index (Phi) is 7.86. The third kappa shape index (κ3) is 5.12. The Balaban J connectivity index is 1.09. The van der Waals surface area contributed by atoms with Gasteiger partial charge in [-0.1, -0.05) is 46.1 Å². The van der Waals surface area contributed by atoms with E-state index >= 15 is 0 Å². The lowest BCUT2D eigenvalue weighted by Gasteiger charge is -2.39. The first-order valence-electron chi connectivity index (χ1n) is 15.0. The molecular formula is C31H45N5O3. The van der Waals surface area contributed by atoms with Gasteiger partial charge in [0.15, 0.2) is 0 Å². The number of carbonyl (C=O) groups excluding carboxylic acids is 2. The molecule has 5 rings (SSSR count). The van der Waals surface area contributed by atoms with Gasteiger partial charge < -0.3 is 10.6 Å². The summed E-state index contributed by atoms with van der Waals surface area (Å²) in [5.41, 5.74) is 2.04. The normalized spacial score (nSPS) is 27.7. The summed E-state index contributed by atoms with van der Waals surface area (Å²) >= 11 is 0. The van der Waals surface area contributed by atoms with Crippen molar-refractivity contribution in [1.29, 1.82) is 0 Å². The minimum absolute atomic E-state index is 0.217. The topological polar surface area (TPSA) is 105 Å². The van der Waals surface area contributed by atoms with Crippen LogP contribution in [0.1, 0.15) is 96.8 Å². The fourth-order valence-electron chi connectivity index (χ4n) is 7.59. The molecule has 2 aliphatic carbocycles. The molecule has 0 radical (unpaired) electrons. The molecule has 3 fully saturated rings. The van der Waals surface area contributed by atoms with Crippen LogP contribution >= 0.6 is 0 Å². The fraction of sp³-hybridized carbons (Fsp3) is 0.677. The van der Waals surface area contributed by atoms with Crippen molar-refractivity contribution in [2.45, 2.75) is 104 Å². The molecule has 3 aliphatic rings. The van der Waals surface area contributed by atoms with Crippen LogP contribution in [0.15, 0.2) is 23.0 Å². The van der Waals surface area contributed by atoms with Gasteiger partial charge in [-0.15, -0.1) is 0 Å². The van der Waals surface area contributed by atoms with Gasteiger partial charge in [0.2, 0.25) is 11.8 Å². The molecule has 2 saturated carbocycles. The Morgan fingerprint density at radius 3 is 2.46 bits per heavy atom. The third-order valence-corrected chi connectivity index (χ3v) is 10.5. The van der Waals surface area contributed by atoms with Crippen molar-refractivity contribution < 1.29 is 9.59 Å². The molecule has 1 aliphatic heterocycles. The van der Waals surface area contributed by atoms with Crippen LogP contribution in [-0.4, -0.2) is 40.5 Å². The van der Waals surface area contributed by atoms with Crippen LogP contribution in [0.4, 0.5) is 5.69 Å². The van der Waals surface area contributed by atoms with Gasteiger partial charge in [0.25, 0.3) is 5.56 Å². The van der Waals surface area contributed by atoms with Gasteiger partial charge in [-0.3, -0.25) is 24.3 Å². The van der Waals surface area contributed by atoms with Gasteiger partial charge >= 0.3 is 0 Å². The van der Waals surface area contributed by atoms with Crippen LogP contribution < -0.4 is 21.5 Å². The average molecular weight is 536 g/mol. The van der Waals surface area contributed by atoms with Crippen LogP contribution in [0.5, 0.6) is 0 Å². The number of nitrogens with one attached hydrogen (secondary N) is 3. The molecule has 4 atom stereocenters. The summed E-state index contributed by atoms with van der Waals surface area (Å²) in [7, 11) is 0. The predicted molar refractivity (Wildman–Crippen MR) is 155 cm³/mol. The van der Waals surface area contributed by atoms with Crippen LogP contribution in [0.25, 0.3) is 10.9 Å². The van der Waals surface area contributed by atoms with Gasteiger partial charge in [-0.25, -0.2) is 4.98 Å². The van der Waals surface area contributed by atoms with E-state index in [0.717, 1.165) is 37.5 Å². The van der Waals surface area contributed by atoms with Crippen molar-refractivity contribution in [3.05, 3.63) is 34.4 Å². The van der Waals surface area contributed by atoms with Crippen molar-refractivity contribution in [3.63, 3.8) is 0 Å². The number of benzene rings is 1. The maximum Gasteiger partial charge on any atom is 0.264 e. The molecule has 2 bridgehead atoms. The van der Waals surface area contributed by atoms with Crippen molar-refractivity contribution in [2.75, 3.05) is 18.4 Å². The molecule has 8 heteroatoms. The molecule has 2 heterocycles. The molecule has 1 saturated heterocycles. The van der Waals surface area contributed by atoms with Gasteiger partial charge in [-0.2, -0.15) is 0 Å². The van der Waals surface area contributed by atoms with E-state index in [2.05, 4.69) is 41.7 Å². The number of carbonyl (C=O) groups is 2. The number of aryl methyl sites for hydroxylation is 1. The summed E-state index contributed by atoms with van der Waals surface area (Å²) in [4.78, 5) is 42.2. The fourth-order valence-corrected chi connectivity index (χ4v) is 7.59. The number of hydrogen-bond donors (Lipinski definition) is 3. The largest absolute Gasteiger partial charge is 0.384 e. The summed E-state index contributed by atoms with van der Waals surface area (Å²) in [6.07, 6.45) is 10.5. The van der Waals surface area contributed by atoms with Crippen molar-refractivity contribution in [1.82, 2.24) is 20.2 Å². The van der Waals surface area contributed by atoms with E-state index in [9.17, 15) is 14.4 Å². The first-order chi connectivity index (χ1) is 18.6. The lowest BCUT2D eigenvalue weighted by Crippen LogP contribution is -2.45. The quantitative estimate of drug-likeness (QED) is 0.281. The van der Waals surface area contributed by atoms with E-state index in [1.165, 1.54) is 43.1 Å². The molecule has 2 amide bonds. The van der Waals surface area contributed by atoms with Gasteiger partial charge in [0, 0.05) is 24.7 Å². The molecule has 8 nitrogen and oxygen atoms in total. The smallest absolute Gasteiger partial charge is 0.264 e. The number of unbranched alkanes of at least 4 members (excludes halogenated alkanes) is 4. The molecule has 1 aromatic carbocycles. The highest BCUT2D eigenvalue weighted by Gasteiger charge is 2.60. The third-order valence-electron chi connectivity index (χ3n) is 10.5. The Bertz CT molecular complexity index is 1300. The van der Waals surface area contributed by atoms with E-state index in [0.29, 0.717) is 40.0 Å². The number of anilines is 1. The Labute approximate surface area is 231 Å². The maximum absolute atomic E-state index is 13.5. The number of hydrogen-bond acceptors (Lipinski definition) is 6. The SMILES string of the molecule is Cc1nc2cccc(NCCCCCCCNC3C[C@H]4CC[C@]3(C)C4(C)C)c2c(=O)n1C1CCC(=O)NC1=O. The van der Waals surface area contributed by atoms with Crippen molar-refractivity contribution in [3.8, 4) is 0 Å². The van der Waals surface area contributed by atoms with Crippen LogP contribution in [0, 0.1) is 23.7 Å². The second-order valence-electron chi connectivity index (χ2n) is 12.8. The Morgan fingerprint density at radius 2 is 1.77 bits per heavy atom. The van der Waals surface area contributed by atoms with Crippen LogP contribution in [-0.2, 0) is 9.59 Å². The second kappa shape index (κ2) is 11.0. The van der Waals surface area contributed by atoms with Crippen LogP contribution in [0.3, 0.4) is 0 Å². The number of aromatic nitrogens is 2. The van der Waals surface area contributed by atoms with Crippen molar-refractivity contribution >= 4 is 28.4 Å². The monoisotopic (exact) mass is 535 g/mol. The highest BCUT2D eigenvalue weighted by atomic mass is 16.2. The number of imide groups is 1. The zero-order chi connectivity index (χ0) is 27.8. The zero-order valence-electron chi connectivity index (χ0n) is 24.1. The first-order valence-corrected chi connectivity index (χ1v) is 15.0. The Hall–Kier alpha value is -2.74. The highest BCUT2D eigenvalue weighted by molar-refractivity contribution is 5.99. The number of rotatable bonds is 11. The number of nitrogens with zero attached hydrogens (tertiary/aromatic N) is 2. The number of piperidine rings is 1. The summed E-state index contributed by atoms with van der Waals surface area (Å²) in [6, 6.07) is 5.59. The summed E-state index contributed by atoms with van der Waals surface area (Å²) in [5.74, 6) is 0.626. The van der Waals surface area contributed by atoms with E-state index < -0.39 is 11.9 Å². The number of amides is 2. The standard InChI is InChI=1S/C31H45N5O3/c1-20-34-23-12-10-11-22(27(23)29(39)36(20)24-13-14-26(37)35-28(24)38)32-17-8-6-5-7-9-18-33-25-19-21-15-16-31(25,4)30(21,2)3/h10-12,21,24-25,32-33H,5-9,13-19H2,1-4H3,(H,35,37,38)/t21-,24?,25?,31+/m1/s1. The molecule has 0 spiro atoms. The number of fused-ring (bicyclic) bond motifs is 3. The lowest BCUT2D eigenvalue weighted by atomic mass is 9.69. The van der Waals surface area contributed by atoms with Crippen molar-refractivity contribution in [2.24, 2.45) is 16.7 Å². The average Bonchev–Trinajstić information content (AvgIpc) is 3.22. The highest BCUT2D eigenvalue weighted by Crippen LogP contribution is 2.65. The van der Waals surface area contributed by atoms with E-state index in [1.807, 2.05) is 18.2 Å². The molecular weight excluding hydrogens is 490 g/mol. The minimum atomic E-state index is -0.715. The zero-order valence-corrected chi connectivity index (χ0v) is 24.1. The lowest BCUT2D eigenvalue weighted by molar-refractivity contribution is -0.135. The molecule has 3 N–H and O–H groups in total. The first kappa shape index (κ1) is 27.8. The summed E-state index contributed by atoms with van der Waals surface area (Å²) in [5, 5.41) is 10.2. The van der Waals surface area contributed by atoms with E-state index in [1.54, 1.807) is 6.92 Å². The van der Waals surface area contributed by atoms with E-state index in [-0.39, 0.29) is 17.9 Å². The van der Waals surface area contributed by atoms with Gasteiger partial charge in [-0.05, 0) is 80.9 Å². The van der Waals surface area contributed by atoms with Gasteiger partial charge in [0.05, 0.1) is 10.9 Å². The second-order valence-corrected chi connectivity index (χ2v) is 12.8. The molecule has 2 unspecified atom stereocenters. The molecule has 1 aromatic heterocycles. The summed E-state index contributed by atoms with van der Waals surface area (Å²) in [6.45, 7) is 11.1. The minimum Gasteiger partial charge on any atom is -0.384 e. The predicted octanol–water partition coefficient (Wildman–Crippen LogP) is 4.85. The molecule has 2 aromatic rings. The molecule has 39 heavy (non-hydrogen) atoms. The Morgan fingerprint density at radius 1 is 1.03 bits per heavy atom. The summed E-state index contributed by atoms with van der Waals surface area (Å²) < 4.78 is 1.45. The van der Waals surface area contributed by atoms with E-state index in [4.69, 9.17) is 0 Å². The van der Waals surface area contributed by atoms with Crippen LogP contribution in [0.2, 0.25) is 0 Å². The molecule has 212 valence electrons. The van der Waals surface area contributed by atoms with Gasteiger partial charge in [0.1, 0.15) is 11.9 Å².